The third-order valence-corrected chi connectivity index (χ3v) is 3.08. The van der Waals surface area contributed by atoms with Crippen LogP contribution in [0, 0.1) is 0 Å². The molecule has 7 heteroatoms. The first-order valence-electron chi connectivity index (χ1n) is 6.00. The molecule has 1 N–H and O–H groups in total. The highest BCUT2D eigenvalue weighted by Crippen LogP contribution is 2.28. The zero-order chi connectivity index (χ0) is 15.4. The Kier molecular flexibility index (Phi) is 4.59. The van der Waals surface area contributed by atoms with Gasteiger partial charge in [0.25, 0.3) is 0 Å². The quantitative estimate of drug-likeness (QED) is 0.913. The standard InChI is InChI=1S/C14H13ClN2O4/c1-20-10-4-3-8(5-11(10)21-2)6-12-16-7-9(15)13(17-12)14(18)19/h3-5,7H,6H2,1-2H3,(H,18,19). The lowest BCUT2D eigenvalue weighted by Gasteiger charge is -2.09. The zero-order valence-corrected chi connectivity index (χ0v) is 12.2. The Hall–Kier alpha value is -2.34. The normalized spacial score (nSPS) is 10.2. The molecule has 0 aliphatic carbocycles. The average molecular weight is 309 g/mol. The Morgan fingerprint density at radius 2 is 2.00 bits per heavy atom. The number of rotatable bonds is 5. The number of carboxylic acids is 1. The lowest BCUT2D eigenvalue weighted by atomic mass is 10.1. The zero-order valence-electron chi connectivity index (χ0n) is 11.5. The van der Waals surface area contributed by atoms with E-state index in [1.54, 1.807) is 26.4 Å². The smallest absolute Gasteiger partial charge is 0.356 e. The molecule has 0 aliphatic rings. The molecular formula is C14H13ClN2O4. The number of aromatic carboxylic acids is 1. The second-order valence-electron chi connectivity index (χ2n) is 4.15. The second-order valence-corrected chi connectivity index (χ2v) is 4.56. The van der Waals surface area contributed by atoms with E-state index >= 15 is 0 Å². The maximum absolute atomic E-state index is 11.0. The number of carbonyl (C=O) groups is 1. The van der Waals surface area contributed by atoms with Gasteiger partial charge < -0.3 is 14.6 Å². The number of benzene rings is 1. The van der Waals surface area contributed by atoms with Crippen molar-refractivity contribution >= 4 is 17.6 Å². The third kappa shape index (κ3) is 3.41. The first kappa shape index (κ1) is 15.1. The summed E-state index contributed by atoms with van der Waals surface area (Å²) in [5.41, 5.74) is 0.661. The van der Waals surface area contributed by atoms with Crippen LogP contribution in [0.1, 0.15) is 21.9 Å². The maximum Gasteiger partial charge on any atom is 0.356 e. The summed E-state index contributed by atoms with van der Waals surface area (Å²) in [6.45, 7) is 0. The van der Waals surface area contributed by atoms with Crippen LogP contribution in [-0.4, -0.2) is 35.3 Å². The van der Waals surface area contributed by atoms with Crippen LogP contribution in [0.5, 0.6) is 11.5 Å². The van der Waals surface area contributed by atoms with E-state index in [9.17, 15) is 4.79 Å². The molecule has 6 nitrogen and oxygen atoms in total. The number of carboxylic acid groups (broad SMARTS) is 1. The van der Waals surface area contributed by atoms with Gasteiger partial charge in [0.1, 0.15) is 5.82 Å². The van der Waals surface area contributed by atoms with Crippen molar-refractivity contribution in [2.24, 2.45) is 0 Å². The number of ether oxygens (including phenoxy) is 2. The largest absolute Gasteiger partial charge is 0.493 e. The van der Waals surface area contributed by atoms with Gasteiger partial charge in [-0.15, -0.1) is 0 Å². The van der Waals surface area contributed by atoms with Crippen LogP contribution < -0.4 is 9.47 Å². The Morgan fingerprint density at radius 3 is 2.62 bits per heavy atom. The Bertz CT molecular complexity index is 676. The van der Waals surface area contributed by atoms with E-state index in [1.807, 2.05) is 6.07 Å². The van der Waals surface area contributed by atoms with Crippen LogP contribution in [0.3, 0.4) is 0 Å². The van der Waals surface area contributed by atoms with Gasteiger partial charge >= 0.3 is 5.97 Å². The molecule has 0 saturated heterocycles. The summed E-state index contributed by atoms with van der Waals surface area (Å²) in [5.74, 6) is 0.381. The summed E-state index contributed by atoms with van der Waals surface area (Å²) in [6.07, 6.45) is 1.64. The van der Waals surface area contributed by atoms with E-state index in [0.717, 1.165) is 5.56 Å². The van der Waals surface area contributed by atoms with Crippen molar-refractivity contribution in [1.82, 2.24) is 9.97 Å². The van der Waals surface area contributed by atoms with E-state index in [-0.39, 0.29) is 10.7 Å². The van der Waals surface area contributed by atoms with Crippen molar-refractivity contribution in [1.29, 1.82) is 0 Å². The van der Waals surface area contributed by atoms with E-state index in [4.69, 9.17) is 26.2 Å². The summed E-state index contributed by atoms with van der Waals surface area (Å²) in [5, 5.41) is 9.01. The molecule has 0 unspecified atom stereocenters. The molecule has 1 heterocycles. The van der Waals surface area contributed by atoms with Gasteiger partial charge in [0, 0.05) is 6.42 Å². The molecular weight excluding hydrogens is 296 g/mol. The molecule has 0 atom stereocenters. The molecule has 0 aliphatic heterocycles. The monoisotopic (exact) mass is 308 g/mol. The van der Waals surface area contributed by atoms with Gasteiger partial charge in [-0.1, -0.05) is 17.7 Å². The minimum Gasteiger partial charge on any atom is -0.493 e. The van der Waals surface area contributed by atoms with Crippen molar-refractivity contribution in [3.8, 4) is 11.5 Å². The number of hydrogen-bond donors (Lipinski definition) is 1. The van der Waals surface area contributed by atoms with Crippen LogP contribution in [0.2, 0.25) is 5.02 Å². The minimum atomic E-state index is -1.18. The highest BCUT2D eigenvalue weighted by Gasteiger charge is 2.13. The molecule has 2 aromatic rings. The molecule has 1 aromatic heterocycles. The number of nitrogens with zero attached hydrogens (tertiary/aromatic N) is 2. The Balaban J connectivity index is 2.30. The molecule has 2 rings (SSSR count). The van der Waals surface area contributed by atoms with E-state index < -0.39 is 5.97 Å². The van der Waals surface area contributed by atoms with Crippen LogP contribution in [0.25, 0.3) is 0 Å². The maximum atomic E-state index is 11.0. The highest BCUT2D eigenvalue weighted by molar-refractivity contribution is 6.33. The van der Waals surface area contributed by atoms with E-state index in [2.05, 4.69) is 9.97 Å². The number of aromatic nitrogens is 2. The van der Waals surface area contributed by atoms with Crippen molar-refractivity contribution in [3.63, 3.8) is 0 Å². The van der Waals surface area contributed by atoms with Gasteiger partial charge in [-0.2, -0.15) is 0 Å². The van der Waals surface area contributed by atoms with Crippen molar-refractivity contribution < 1.29 is 19.4 Å². The van der Waals surface area contributed by atoms with Crippen molar-refractivity contribution in [3.05, 3.63) is 46.5 Å². The van der Waals surface area contributed by atoms with Crippen molar-refractivity contribution in [2.45, 2.75) is 6.42 Å². The van der Waals surface area contributed by atoms with Gasteiger partial charge in [0.05, 0.1) is 25.4 Å². The molecule has 0 amide bonds. The summed E-state index contributed by atoms with van der Waals surface area (Å²) in [6, 6.07) is 5.39. The molecule has 110 valence electrons. The molecule has 0 bridgehead atoms. The number of halogens is 1. The molecule has 1 aromatic carbocycles. The molecule has 0 fully saturated rings. The Morgan fingerprint density at radius 1 is 1.29 bits per heavy atom. The Labute approximate surface area is 126 Å². The fraction of sp³-hybridized carbons (Fsp3) is 0.214. The first-order valence-corrected chi connectivity index (χ1v) is 6.38. The summed E-state index contributed by atoms with van der Waals surface area (Å²) >= 11 is 5.74. The first-order chi connectivity index (χ1) is 10.0. The van der Waals surface area contributed by atoms with E-state index in [0.29, 0.717) is 23.7 Å². The molecule has 0 spiro atoms. The number of methoxy groups -OCH3 is 2. The van der Waals surface area contributed by atoms with Crippen LogP contribution in [0.15, 0.2) is 24.4 Å². The van der Waals surface area contributed by atoms with Crippen molar-refractivity contribution in [2.75, 3.05) is 14.2 Å². The summed E-state index contributed by atoms with van der Waals surface area (Å²) in [7, 11) is 3.10. The van der Waals surface area contributed by atoms with Crippen LogP contribution in [-0.2, 0) is 6.42 Å². The van der Waals surface area contributed by atoms with Crippen LogP contribution >= 0.6 is 11.6 Å². The highest BCUT2D eigenvalue weighted by atomic mass is 35.5. The number of hydrogen-bond acceptors (Lipinski definition) is 5. The molecule has 0 radical (unpaired) electrons. The summed E-state index contributed by atoms with van der Waals surface area (Å²) < 4.78 is 10.4. The minimum absolute atomic E-state index is 0.0126. The fourth-order valence-electron chi connectivity index (χ4n) is 1.81. The fourth-order valence-corrected chi connectivity index (χ4v) is 1.98. The van der Waals surface area contributed by atoms with Gasteiger partial charge in [0.2, 0.25) is 0 Å². The molecule has 0 saturated carbocycles. The van der Waals surface area contributed by atoms with Gasteiger partial charge in [-0.25, -0.2) is 14.8 Å². The molecule has 21 heavy (non-hydrogen) atoms. The third-order valence-electron chi connectivity index (χ3n) is 2.81. The lowest BCUT2D eigenvalue weighted by Crippen LogP contribution is -2.06. The van der Waals surface area contributed by atoms with Gasteiger partial charge in [0.15, 0.2) is 17.2 Å². The SMILES string of the molecule is COc1ccc(Cc2ncc(Cl)c(C(=O)O)n2)cc1OC. The lowest BCUT2D eigenvalue weighted by molar-refractivity contribution is 0.0690. The topological polar surface area (TPSA) is 81.5 Å². The average Bonchev–Trinajstić information content (AvgIpc) is 2.48. The summed E-state index contributed by atoms with van der Waals surface area (Å²) in [4.78, 5) is 19.0. The predicted octanol–water partition coefficient (Wildman–Crippen LogP) is 2.44. The van der Waals surface area contributed by atoms with Crippen LogP contribution in [0.4, 0.5) is 0 Å². The second kappa shape index (κ2) is 6.41. The van der Waals surface area contributed by atoms with Gasteiger partial charge in [-0.05, 0) is 17.7 Å². The predicted molar refractivity (Wildman–Crippen MR) is 76.4 cm³/mol. The van der Waals surface area contributed by atoms with E-state index in [1.165, 1.54) is 6.20 Å². The van der Waals surface area contributed by atoms with Gasteiger partial charge in [-0.3, -0.25) is 0 Å².